The molecule has 1 heterocycles. The van der Waals surface area contributed by atoms with E-state index in [4.69, 9.17) is 4.84 Å². The first kappa shape index (κ1) is 19.3. The number of hydrogen-bond donors (Lipinski definition) is 1. The Morgan fingerprint density at radius 2 is 1.46 bits per heavy atom. The number of amides is 3. The molecule has 1 aliphatic rings. The van der Waals surface area contributed by atoms with E-state index in [1.165, 1.54) is 12.1 Å². The quantitative estimate of drug-likeness (QED) is 0.805. The van der Waals surface area contributed by atoms with Gasteiger partial charge in [-0.2, -0.15) is 0 Å². The standard InChI is InChI=1S/C21H20N2O5/c1-12(2)17(22-18(24)14-9-5-4-8-13(14)3)21(27)28-23-19(25)15-10-6-7-11-16(15)20(23)26/h4-12,17H,1-3H3,(H,22,24). The molecule has 0 fully saturated rings. The summed E-state index contributed by atoms with van der Waals surface area (Å²) in [7, 11) is 0. The van der Waals surface area contributed by atoms with E-state index in [0.29, 0.717) is 10.6 Å². The summed E-state index contributed by atoms with van der Waals surface area (Å²) in [6, 6.07) is 12.2. The van der Waals surface area contributed by atoms with Gasteiger partial charge in [0.1, 0.15) is 6.04 Å². The van der Waals surface area contributed by atoms with Gasteiger partial charge in [0.2, 0.25) is 0 Å². The van der Waals surface area contributed by atoms with Crippen LogP contribution < -0.4 is 5.32 Å². The smallest absolute Gasteiger partial charge is 0.338 e. The Morgan fingerprint density at radius 3 is 2.00 bits per heavy atom. The zero-order valence-corrected chi connectivity index (χ0v) is 15.8. The minimum absolute atomic E-state index is 0.172. The minimum Gasteiger partial charge on any atom is -0.338 e. The average Bonchev–Trinajstić information content (AvgIpc) is 2.91. The molecule has 2 aromatic rings. The molecule has 1 aliphatic heterocycles. The fourth-order valence-corrected chi connectivity index (χ4v) is 2.94. The van der Waals surface area contributed by atoms with Gasteiger partial charge >= 0.3 is 5.97 Å². The fraction of sp³-hybridized carbons (Fsp3) is 0.238. The van der Waals surface area contributed by atoms with Gasteiger partial charge in [-0.25, -0.2) is 4.79 Å². The van der Waals surface area contributed by atoms with Crippen molar-refractivity contribution >= 4 is 23.7 Å². The van der Waals surface area contributed by atoms with Crippen LogP contribution in [0.2, 0.25) is 0 Å². The van der Waals surface area contributed by atoms with E-state index in [1.807, 2.05) is 6.07 Å². The summed E-state index contributed by atoms with van der Waals surface area (Å²) < 4.78 is 0. The highest BCUT2D eigenvalue weighted by molar-refractivity contribution is 6.21. The summed E-state index contributed by atoms with van der Waals surface area (Å²) in [6.07, 6.45) is 0. The largest absolute Gasteiger partial charge is 0.355 e. The van der Waals surface area contributed by atoms with Gasteiger partial charge in [-0.05, 0) is 36.6 Å². The Bertz CT molecular complexity index is 932. The van der Waals surface area contributed by atoms with Crippen LogP contribution in [0.5, 0.6) is 0 Å². The molecule has 0 spiro atoms. The molecule has 2 aromatic carbocycles. The van der Waals surface area contributed by atoms with E-state index < -0.39 is 29.7 Å². The van der Waals surface area contributed by atoms with Crippen LogP contribution in [0.4, 0.5) is 0 Å². The van der Waals surface area contributed by atoms with Crippen LogP contribution >= 0.6 is 0 Å². The van der Waals surface area contributed by atoms with E-state index in [2.05, 4.69) is 5.32 Å². The third-order valence-electron chi connectivity index (χ3n) is 4.53. The maximum Gasteiger partial charge on any atom is 0.355 e. The molecule has 1 N–H and O–H groups in total. The minimum atomic E-state index is -1.03. The number of rotatable bonds is 5. The molecule has 3 rings (SSSR count). The molecule has 0 saturated heterocycles. The summed E-state index contributed by atoms with van der Waals surface area (Å²) in [5.74, 6) is -3.05. The Morgan fingerprint density at radius 1 is 0.929 bits per heavy atom. The fourth-order valence-electron chi connectivity index (χ4n) is 2.94. The average molecular weight is 380 g/mol. The van der Waals surface area contributed by atoms with Crippen molar-refractivity contribution in [3.05, 3.63) is 70.8 Å². The number of carbonyl (C=O) groups excluding carboxylic acids is 4. The Hall–Kier alpha value is -3.48. The molecule has 1 atom stereocenters. The molecule has 0 radical (unpaired) electrons. The normalized spacial score (nSPS) is 14.1. The highest BCUT2D eigenvalue weighted by atomic mass is 16.7. The van der Waals surface area contributed by atoms with Gasteiger partial charge < -0.3 is 10.2 Å². The van der Waals surface area contributed by atoms with E-state index in [9.17, 15) is 19.2 Å². The predicted molar refractivity (Wildman–Crippen MR) is 100 cm³/mol. The van der Waals surface area contributed by atoms with E-state index >= 15 is 0 Å². The van der Waals surface area contributed by atoms with Crippen LogP contribution in [0.25, 0.3) is 0 Å². The Labute approximate surface area is 162 Å². The van der Waals surface area contributed by atoms with Crippen molar-refractivity contribution in [3.63, 3.8) is 0 Å². The van der Waals surface area contributed by atoms with Crippen LogP contribution in [-0.2, 0) is 9.63 Å². The SMILES string of the molecule is Cc1ccccc1C(=O)NC(C(=O)ON1C(=O)c2ccccc2C1=O)C(C)C. The molecule has 7 heteroatoms. The van der Waals surface area contributed by atoms with E-state index in [1.54, 1.807) is 51.1 Å². The van der Waals surface area contributed by atoms with Crippen LogP contribution in [0.1, 0.15) is 50.5 Å². The Kier molecular flexibility index (Phi) is 5.26. The van der Waals surface area contributed by atoms with Gasteiger partial charge in [-0.15, -0.1) is 0 Å². The maximum atomic E-state index is 12.7. The maximum absolute atomic E-state index is 12.7. The van der Waals surface area contributed by atoms with Crippen molar-refractivity contribution < 1.29 is 24.0 Å². The summed E-state index contributed by atoms with van der Waals surface area (Å²) in [5.41, 5.74) is 1.54. The number of carbonyl (C=O) groups is 4. The van der Waals surface area contributed by atoms with Gasteiger partial charge in [0.25, 0.3) is 17.7 Å². The van der Waals surface area contributed by atoms with Crippen LogP contribution in [0.15, 0.2) is 48.5 Å². The molecule has 144 valence electrons. The summed E-state index contributed by atoms with van der Waals surface area (Å²) >= 11 is 0. The number of hydroxylamine groups is 2. The number of hydrogen-bond acceptors (Lipinski definition) is 5. The van der Waals surface area contributed by atoms with Crippen molar-refractivity contribution in [3.8, 4) is 0 Å². The van der Waals surface area contributed by atoms with Gasteiger partial charge in [0, 0.05) is 5.56 Å². The van der Waals surface area contributed by atoms with Gasteiger partial charge in [0.15, 0.2) is 0 Å². The van der Waals surface area contributed by atoms with Crippen molar-refractivity contribution in [1.82, 2.24) is 10.4 Å². The molecule has 7 nitrogen and oxygen atoms in total. The molecule has 0 aromatic heterocycles. The molecule has 0 saturated carbocycles. The van der Waals surface area contributed by atoms with Gasteiger partial charge in [-0.3, -0.25) is 14.4 Å². The van der Waals surface area contributed by atoms with Gasteiger partial charge in [-0.1, -0.05) is 49.2 Å². The van der Waals surface area contributed by atoms with Gasteiger partial charge in [0.05, 0.1) is 11.1 Å². The molecular formula is C21H20N2O5. The second-order valence-corrected chi connectivity index (χ2v) is 6.87. The number of imide groups is 1. The van der Waals surface area contributed by atoms with Crippen LogP contribution in [0, 0.1) is 12.8 Å². The van der Waals surface area contributed by atoms with Crippen LogP contribution in [-0.4, -0.2) is 34.8 Å². The molecule has 0 bridgehead atoms. The van der Waals surface area contributed by atoms with Crippen molar-refractivity contribution in [2.45, 2.75) is 26.8 Å². The number of nitrogens with one attached hydrogen (secondary N) is 1. The van der Waals surface area contributed by atoms with E-state index in [-0.39, 0.29) is 17.0 Å². The first-order chi connectivity index (χ1) is 13.3. The van der Waals surface area contributed by atoms with Crippen LogP contribution in [0.3, 0.4) is 0 Å². The third kappa shape index (κ3) is 3.51. The highest BCUT2D eigenvalue weighted by Crippen LogP contribution is 2.23. The lowest BCUT2D eigenvalue weighted by atomic mass is 10.0. The molecule has 0 aliphatic carbocycles. The first-order valence-electron chi connectivity index (χ1n) is 8.87. The zero-order valence-electron chi connectivity index (χ0n) is 15.8. The predicted octanol–water partition coefficient (Wildman–Crippen LogP) is 2.50. The topological polar surface area (TPSA) is 92.8 Å². The monoisotopic (exact) mass is 380 g/mol. The van der Waals surface area contributed by atoms with Crippen molar-refractivity contribution in [2.24, 2.45) is 5.92 Å². The molecular weight excluding hydrogens is 360 g/mol. The lowest BCUT2D eigenvalue weighted by Gasteiger charge is -2.23. The number of aryl methyl sites for hydroxylation is 1. The molecule has 1 unspecified atom stereocenters. The third-order valence-corrected chi connectivity index (χ3v) is 4.53. The van der Waals surface area contributed by atoms with Crippen molar-refractivity contribution in [1.29, 1.82) is 0 Å². The zero-order chi connectivity index (χ0) is 20.4. The Balaban J connectivity index is 1.76. The second kappa shape index (κ2) is 7.64. The summed E-state index contributed by atoms with van der Waals surface area (Å²) in [5, 5.41) is 3.08. The molecule has 28 heavy (non-hydrogen) atoms. The molecule has 3 amide bonds. The number of nitrogens with zero attached hydrogens (tertiary/aromatic N) is 1. The summed E-state index contributed by atoms with van der Waals surface area (Å²) in [4.78, 5) is 55.0. The summed E-state index contributed by atoms with van der Waals surface area (Å²) in [6.45, 7) is 5.25. The lowest BCUT2D eigenvalue weighted by Crippen LogP contribution is -2.48. The van der Waals surface area contributed by atoms with E-state index in [0.717, 1.165) is 5.56 Å². The first-order valence-corrected chi connectivity index (χ1v) is 8.87. The number of fused-ring (bicyclic) bond motifs is 1. The lowest BCUT2D eigenvalue weighted by molar-refractivity contribution is -0.172. The van der Waals surface area contributed by atoms with Crippen molar-refractivity contribution in [2.75, 3.05) is 0 Å². The second-order valence-electron chi connectivity index (χ2n) is 6.87. The highest BCUT2D eigenvalue weighted by Gasteiger charge is 2.40. The number of benzene rings is 2.